The van der Waals surface area contributed by atoms with E-state index in [2.05, 4.69) is 22.2 Å². The van der Waals surface area contributed by atoms with E-state index in [9.17, 15) is 8.42 Å². The Balaban J connectivity index is 1.63. The molecule has 4 nitrogen and oxygen atoms in total. The van der Waals surface area contributed by atoms with Crippen LogP contribution in [0.5, 0.6) is 0 Å². The van der Waals surface area contributed by atoms with Gasteiger partial charge in [-0.3, -0.25) is 0 Å². The van der Waals surface area contributed by atoms with Gasteiger partial charge in [-0.05, 0) is 17.9 Å². The molecule has 0 aromatic heterocycles. The average molecular weight is 294 g/mol. The van der Waals surface area contributed by atoms with E-state index in [0.717, 1.165) is 13.0 Å². The van der Waals surface area contributed by atoms with Crippen LogP contribution in [0.3, 0.4) is 0 Å². The molecule has 0 radical (unpaired) electrons. The smallest absolute Gasteiger partial charge is 0.211 e. The van der Waals surface area contributed by atoms with Gasteiger partial charge in [0.15, 0.2) is 0 Å². The van der Waals surface area contributed by atoms with Gasteiger partial charge in [0, 0.05) is 25.0 Å². The summed E-state index contributed by atoms with van der Waals surface area (Å²) in [6.07, 6.45) is 3.21. The minimum Gasteiger partial charge on any atom is -0.314 e. The summed E-state index contributed by atoms with van der Waals surface area (Å²) in [7, 11) is -3.15. The van der Waals surface area contributed by atoms with Crippen molar-refractivity contribution in [1.29, 1.82) is 0 Å². The standard InChI is InChI=1S/C15H22N2O2S/c18-20(19,9-8-12-6-7-12)17-15-11-16-10-14(15)13-4-2-1-3-5-13/h1-5,12,14-17H,6-11H2/t14-,15+/m0/s1. The Morgan fingerprint density at radius 3 is 2.60 bits per heavy atom. The Bertz CT molecular complexity index is 540. The molecule has 1 aliphatic carbocycles. The van der Waals surface area contributed by atoms with Crippen LogP contribution in [0.15, 0.2) is 30.3 Å². The molecule has 2 N–H and O–H groups in total. The van der Waals surface area contributed by atoms with Crippen molar-refractivity contribution in [1.82, 2.24) is 10.0 Å². The monoisotopic (exact) mass is 294 g/mol. The zero-order chi connectivity index (χ0) is 14.0. The lowest BCUT2D eigenvalue weighted by molar-refractivity contribution is 0.538. The predicted octanol–water partition coefficient (Wildman–Crippen LogP) is 1.46. The van der Waals surface area contributed by atoms with Crippen molar-refractivity contribution >= 4 is 10.0 Å². The molecule has 110 valence electrons. The minimum absolute atomic E-state index is 0.0263. The third-order valence-corrected chi connectivity index (χ3v) is 5.70. The van der Waals surface area contributed by atoms with Gasteiger partial charge in [-0.2, -0.15) is 0 Å². The van der Waals surface area contributed by atoms with E-state index in [0.29, 0.717) is 12.5 Å². The van der Waals surface area contributed by atoms with Crippen LogP contribution < -0.4 is 10.0 Å². The first kappa shape index (κ1) is 14.0. The first-order valence-corrected chi connectivity index (χ1v) is 9.05. The quantitative estimate of drug-likeness (QED) is 0.835. The molecule has 1 saturated carbocycles. The average Bonchev–Trinajstić information content (AvgIpc) is 3.17. The number of hydrogen-bond acceptors (Lipinski definition) is 3. The molecule has 1 heterocycles. The van der Waals surface area contributed by atoms with Gasteiger partial charge in [0.25, 0.3) is 0 Å². The van der Waals surface area contributed by atoms with E-state index in [4.69, 9.17) is 0 Å². The van der Waals surface area contributed by atoms with E-state index in [1.165, 1.54) is 18.4 Å². The highest BCUT2D eigenvalue weighted by molar-refractivity contribution is 7.89. The maximum atomic E-state index is 12.2. The van der Waals surface area contributed by atoms with Crippen LogP contribution in [0, 0.1) is 5.92 Å². The van der Waals surface area contributed by atoms with Gasteiger partial charge in [0.2, 0.25) is 10.0 Å². The van der Waals surface area contributed by atoms with Gasteiger partial charge in [-0.25, -0.2) is 13.1 Å². The van der Waals surface area contributed by atoms with Crippen molar-refractivity contribution in [3.63, 3.8) is 0 Å². The second-order valence-electron chi connectivity index (χ2n) is 5.95. The van der Waals surface area contributed by atoms with E-state index in [-0.39, 0.29) is 17.7 Å². The van der Waals surface area contributed by atoms with Gasteiger partial charge >= 0.3 is 0 Å². The van der Waals surface area contributed by atoms with E-state index in [1.54, 1.807) is 0 Å². The molecule has 2 atom stereocenters. The van der Waals surface area contributed by atoms with Gasteiger partial charge in [0.05, 0.1) is 5.75 Å². The van der Waals surface area contributed by atoms with Crippen molar-refractivity contribution in [3.8, 4) is 0 Å². The fraction of sp³-hybridized carbons (Fsp3) is 0.600. The molecule has 0 bridgehead atoms. The zero-order valence-corrected chi connectivity index (χ0v) is 12.4. The van der Waals surface area contributed by atoms with Gasteiger partial charge < -0.3 is 5.32 Å². The Morgan fingerprint density at radius 1 is 1.15 bits per heavy atom. The van der Waals surface area contributed by atoms with Crippen LogP contribution in [0.2, 0.25) is 0 Å². The highest BCUT2D eigenvalue weighted by atomic mass is 32.2. The summed E-state index contributed by atoms with van der Waals surface area (Å²) in [6.45, 7) is 1.54. The molecular weight excluding hydrogens is 272 g/mol. The lowest BCUT2D eigenvalue weighted by Gasteiger charge is -2.20. The Hall–Kier alpha value is -0.910. The summed E-state index contributed by atoms with van der Waals surface area (Å²) in [4.78, 5) is 0. The zero-order valence-electron chi connectivity index (χ0n) is 11.6. The van der Waals surface area contributed by atoms with Crippen molar-refractivity contribution in [2.24, 2.45) is 5.92 Å². The molecule has 1 aromatic carbocycles. The Morgan fingerprint density at radius 2 is 1.90 bits per heavy atom. The van der Waals surface area contributed by atoms with Gasteiger partial charge in [-0.15, -0.1) is 0 Å². The lowest BCUT2D eigenvalue weighted by atomic mass is 9.95. The maximum absolute atomic E-state index is 12.2. The predicted molar refractivity (Wildman–Crippen MR) is 80.1 cm³/mol. The number of sulfonamides is 1. The molecule has 3 rings (SSSR count). The molecule has 0 unspecified atom stereocenters. The van der Waals surface area contributed by atoms with Crippen LogP contribution in [-0.4, -0.2) is 33.3 Å². The molecular formula is C15H22N2O2S. The molecule has 1 aromatic rings. The number of hydrogen-bond donors (Lipinski definition) is 2. The molecule has 5 heteroatoms. The van der Waals surface area contributed by atoms with Crippen LogP contribution in [0.25, 0.3) is 0 Å². The van der Waals surface area contributed by atoms with Crippen molar-refractivity contribution in [2.75, 3.05) is 18.8 Å². The number of rotatable bonds is 6. The largest absolute Gasteiger partial charge is 0.314 e. The van der Waals surface area contributed by atoms with Crippen molar-refractivity contribution < 1.29 is 8.42 Å². The SMILES string of the molecule is O=S(=O)(CCC1CC1)N[C@@H]1CNC[C@H]1c1ccccc1. The summed E-state index contributed by atoms with van der Waals surface area (Å²) in [6, 6.07) is 10.1. The van der Waals surface area contributed by atoms with Crippen LogP contribution in [0.1, 0.15) is 30.7 Å². The normalized spacial score (nSPS) is 26.8. The van der Waals surface area contributed by atoms with Crippen molar-refractivity contribution in [2.45, 2.75) is 31.2 Å². The fourth-order valence-electron chi connectivity index (χ4n) is 2.87. The first-order chi connectivity index (χ1) is 9.64. The molecule has 0 spiro atoms. The number of nitrogens with one attached hydrogen (secondary N) is 2. The van der Waals surface area contributed by atoms with E-state index in [1.807, 2.05) is 18.2 Å². The maximum Gasteiger partial charge on any atom is 0.211 e. The van der Waals surface area contributed by atoms with E-state index >= 15 is 0 Å². The summed E-state index contributed by atoms with van der Waals surface area (Å²) in [5.74, 6) is 1.15. The van der Waals surface area contributed by atoms with Crippen molar-refractivity contribution in [3.05, 3.63) is 35.9 Å². The first-order valence-electron chi connectivity index (χ1n) is 7.40. The van der Waals surface area contributed by atoms with Crippen LogP contribution in [-0.2, 0) is 10.0 Å². The van der Waals surface area contributed by atoms with Crippen LogP contribution >= 0.6 is 0 Å². The highest BCUT2D eigenvalue weighted by Crippen LogP contribution is 2.32. The minimum atomic E-state index is -3.15. The molecule has 0 amide bonds. The highest BCUT2D eigenvalue weighted by Gasteiger charge is 2.32. The molecule has 20 heavy (non-hydrogen) atoms. The Labute approximate surface area is 121 Å². The number of benzene rings is 1. The second kappa shape index (κ2) is 5.84. The summed E-state index contributed by atoms with van der Waals surface area (Å²) < 4.78 is 27.2. The van der Waals surface area contributed by atoms with Gasteiger partial charge in [0.1, 0.15) is 0 Å². The lowest BCUT2D eigenvalue weighted by Crippen LogP contribution is -2.40. The van der Waals surface area contributed by atoms with E-state index < -0.39 is 10.0 Å². The second-order valence-corrected chi connectivity index (χ2v) is 7.82. The molecule has 2 aliphatic rings. The summed E-state index contributed by atoms with van der Waals surface area (Å²) in [5.41, 5.74) is 1.20. The molecule has 1 saturated heterocycles. The summed E-state index contributed by atoms with van der Waals surface area (Å²) in [5, 5.41) is 3.29. The van der Waals surface area contributed by atoms with Gasteiger partial charge in [-0.1, -0.05) is 43.2 Å². The third kappa shape index (κ3) is 3.59. The topological polar surface area (TPSA) is 58.2 Å². The Kier molecular flexibility index (Phi) is 4.10. The van der Waals surface area contributed by atoms with Crippen LogP contribution in [0.4, 0.5) is 0 Å². The molecule has 2 fully saturated rings. The molecule has 1 aliphatic heterocycles. The fourth-order valence-corrected chi connectivity index (χ4v) is 4.34. The third-order valence-electron chi connectivity index (χ3n) is 4.26. The summed E-state index contributed by atoms with van der Waals surface area (Å²) >= 11 is 0.